The average Bonchev–Trinajstić information content (AvgIpc) is 2.80. The zero-order valence-corrected chi connectivity index (χ0v) is 10.8. The van der Waals surface area contributed by atoms with Gasteiger partial charge in [0, 0.05) is 25.1 Å². The maximum Gasteiger partial charge on any atom is 0.422 e. The number of nitrogens with one attached hydrogen (secondary N) is 1. The number of hydrogen-bond donors (Lipinski definition) is 1. The summed E-state index contributed by atoms with van der Waals surface area (Å²) in [6.07, 6.45) is -0.786. The summed E-state index contributed by atoms with van der Waals surface area (Å²) in [7, 11) is 1.89. The molecule has 1 N–H and O–H groups in total. The van der Waals surface area contributed by atoms with Crippen molar-refractivity contribution in [3.63, 3.8) is 0 Å². The Labute approximate surface area is 114 Å². The van der Waals surface area contributed by atoms with Gasteiger partial charge in [0.2, 0.25) is 0 Å². The Morgan fingerprint density at radius 1 is 1.25 bits per heavy atom. The molecule has 0 bridgehead atoms. The molecule has 0 atom stereocenters. The van der Waals surface area contributed by atoms with Gasteiger partial charge in [-0.15, -0.1) is 0 Å². The number of nitrogens with zero attached hydrogens (tertiary/aromatic N) is 2. The number of imidazole rings is 1. The van der Waals surface area contributed by atoms with Gasteiger partial charge in [0.05, 0.1) is 6.54 Å². The Morgan fingerprint density at radius 2 is 1.95 bits per heavy atom. The number of hydrogen-bond acceptors (Lipinski definition) is 3. The van der Waals surface area contributed by atoms with E-state index in [0.717, 1.165) is 11.5 Å². The van der Waals surface area contributed by atoms with Crippen LogP contribution in [0.15, 0.2) is 36.7 Å². The number of rotatable bonds is 5. The first kappa shape index (κ1) is 14.2. The van der Waals surface area contributed by atoms with E-state index in [4.69, 9.17) is 0 Å². The zero-order valence-electron chi connectivity index (χ0n) is 10.8. The monoisotopic (exact) mass is 285 g/mol. The van der Waals surface area contributed by atoms with Crippen LogP contribution in [0.5, 0.6) is 5.75 Å². The van der Waals surface area contributed by atoms with Crippen LogP contribution in [-0.2, 0) is 13.6 Å². The Morgan fingerprint density at radius 3 is 2.50 bits per heavy atom. The first-order valence-electron chi connectivity index (χ1n) is 5.94. The molecule has 1 aromatic carbocycles. The second kappa shape index (κ2) is 5.85. The molecule has 20 heavy (non-hydrogen) atoms. The van der Waals surface area contributed by atoms with Crippen molar-refractivity contribution in [3.05, 3.63) is 42.5 Å². The maximum atomic E-state index is 12.0. The van der Waals surface area contributed by atoms with Crippen LogP contribution >= 0.6 is 0 Å². The molecule has 2 aromatic rings. The number of aryl methyl sites for hydroxylation is 1. The molecule has 0 spiro atoms. The summed E-state index contributed by atoms with van der Waals surface area (Å²) in [6, 6.07) is 6.31. The van der Waals surface area contributed by atoms with Gasteiger partial charge >= 0.3 is 6.18 Å². The van der Waals surface area contributed by atoms with E-state index < -0.39 is 12.8 Å². The van der Waals surface area contributed by atoms with E-state index in [1.807, 2.05) is 17.8 Å². The number of anilines is 1. The summed E-state index contributed by atoms with van der Waals surface area (Å²) >= 11 is 0. The van der Waals surface area contributed by atoms with E-state index >= 15 is 0 Å². The molecule has 1 aromatic heterocycles. The fourth-order valence-corrected chi connectivity index (χ4v) is 1.58. The van der Waals surface area contributed by atoms with Crippen LogP contribution < -0.4 is 10.1 Å². The van der Waals surface area contributed by atoms with Crippen LogP contribution in [0.4, 0.5) is 18.9 Å². The minimum atomic E-state index is -4.32. The lowest BCUT2D eigenvalue weighted by Gasteiger charge is -2.10. The highest BCUT2D eigenvalue weighted by Gasteiger charge is 2.28. The molecule has 0 aliphatic heterocycles. The van der Waals surface area contributed by atoms with E-state index in [2.05, 4.69) is 15.0 Å². The zero-order chi connectivity index (χ0) is 14.6. The number of alkyl halides is 3. The fraction of sp³-hybridized carbons (Fsp3) is 0.308. The third-order valence-electron chi connectivity index (χ3n) is 2.63. The number of ether oxygens (including phenoxy) is 1. The molecular formula is C13H14F3N3O. The van der Waals surface area contributed by atoms with Gasteiger partial charge in [-0.05, 0) is 24.3 Å². The standard InChI is InChI=1S/C13H14F3N3O/c1-19-7-6-17-12(19)8-18-10-2-4-11(5-3-10)20-9-13(14,15)16/h2-7,18H,8-9H2,1H3. The second-order valence-corrected chi connectivity index (χ2v) is 4.24. The van der Waals surface area contributed by atoms with Crippen LogP contribution in [0.1, 0.15) is 5.82 Å². The normalized spacial score (nSPS) is 11.4. The van der Waals surface area contributed by atoms with E-state index in [1.165, 1.54) is 12.1 Å². The van der Waals surface area contributed by atoms with E-state index in [9.17, 15) is 13.2 Å². The molecule has 0 aliphatic rings. The molecule has 4 nitrogen and oxygen atoms in total. The summed E-state index contributed by atoms with van der Waals surface area (Å²) in [6.45, 7) is -0.751. The van der Waals surface area contributed by atoms with Gasteiger partial charge in [-0.2, -0.15) is 13.2 Å². The summed E-state index contributed by atoms with van der Waals surface area (Å²) in [5.74, 6) is 1.05. The van der Waals surface area contributed by atoms with Crippen molar-refractivity contribution in [1.29, 1.82) is 0 Å². The first-order valence-corrected chi connectivity index (χ1v) is 5.94. The number of halogens is 3. The van der Waals surface area contributed by atoms with Crippen molar-refractivity contribution in [2.75, 3.05) is 11.9 Å². The number of aromatic nitrogens is 2. The van der Waals surface area contributed by atoms with Crippen LogP contribution in [0.2, 0.25) is 0 Å². The van der Waals surface area contributed by atoms with Crippen LogP contribution in [0, 0.1) is 0 Å². The average molecular weight is 285 g/mol. The van der Waals surface area contributed by atoms with Crippen molar-refractivity contribution >= 4 is 5.69 Å². The Kier molecular flexibility index (Phi) is 4.16. The van der Waals surface area contributed by atoms with E-state index in [0.29, 0.717) is 6.54 Å². The summed E-state index contributed by atoms with van der Waals surface area (Å²) in [5.41, 5.74) is 0.785. The predicted octanol–water partition coefficient (Wildman–Crippen LogP) is 2.97. The molecule has 0 unspecified atom stereocenters. The Bertz CT molecular complexity index is 549. The first-order chi connectivity index (χ1) is 9.44. The smallest absolute Gasteiger partial charge is 0.422 e. The van der Waals surface area contributed by atoms with Crippen LogP contribution in [-0.4, -0.2) is 22.3 Å². The number of benzene rings is 1. The second-order valence-electron chi connectivity index (χ2n) is 4.24. The predicted molar refractivity (Wildman–Crippen MR) is 68.5 cm³/mol. The molecular weight excluding hydrogens is 271 g/mol. The van der Waals surface area contributed by atoms with Crippen LogP contribution in [0.25, 0.3) is 0 Å². The van der Waals surface area contributed by atoms with Crippen molar-refractivity contribution in [2.24, 2.45) is 7.05 Å². The highest BCUT2D eigenvalue weighted by Crippen LogP contribution is 2.20. The van der Waals surface area contributed by atoms with Crippen molar-refractivity contribution in [2.45, 2.75) is 12.7 Å². The van der Waals surface area contributed by atoms with Gasteiger partial charge in [0.25, 0.3) is 0 Å². The van der Waals surface area contributed by atoms with Crippen molar-refractivity contribution in [3.8, 4) is 5.75 Å². The topological polar surface area (TPSA) is 39.1 Å². The Balaban J connectivity index is 1.87. The molecule has 0 aliphatic carbocycles. The van der Waals surface area contributed by atoms with E-state index in [-0.39, 0.29) is 5.75 Å². The third-order valence-corrected chi connectivity index (χ3v) is 2.63. The minimum Gasteiger partial charge on any atom is -0.484 e. The Hall–Kier alpha value is -2.18. The van der Waals surface area contributed by atoms with Crippen LogP contribution in [0.3, 0.4) is 0 Å². The molecule has 7 heteroatoms. The molecule has 108 valence electrons. The summed E-state index contributed by atoms with van der Waals surface area (Å²) < 4.78 is 42.5. The highest BCUT2D eigenvalue weighted by molar-refractivity contribution is 5.46. The maximum absolute atomic E-state index is 12.0. The summed E-state index contributed by atoms with van der Waals surface area (Å²) in [4.78, 5) is 4.16. The van der Waals surface area contributed by atoms with Crippen molar-refractivity contribution in [1.82, 2.24) is 9.55 Å². The lowest BCUT2D eigenvalue weighted by Crippen LogP contribution is -2.19. The molecule has 0 saturated heterocycles. The fourth-order valence-electron chi connectivity index (χ4n) is 1.58. The molecule has 0 amide bonds. The molecule has 0 saturated carbocycles. The van der Waals surface area contributed by atoms with Gasteiger partial charge in [0.15, 0.2) is 6.61 Å². The molecule has 2 rings (SSSR count). The van der Waals surface area contributed by atoms with E-state index in [1.54, 1.807) is 18.3 Å². The molecule has 1 heterocycles. The van der Waals surface area contributed by atoms with Crippen molar-refractivity contribution < 1.29 is 17.9 Å². The molecule has 0 fully saturated rings. The SMILES string of the molecule is Cn1ccnc1CNc1ccc(OCC(F)(F)F)cc1. The van der Waals surface area contributed by atoms with Gasteiger partial charge in [-0.25, -0.2) is 4.98 Å². The van der Waals surface area contributed by atoms with Gasteiger partial charge < -0.3 is 14.6 Å². The quantitative estimate of drug-likeness (QED) is 0.918. The van der Waals surface area contributed by atoms with Gasteiger partial charge in [-0.3, -0.25) is 0 Å². The lowest BCUT2D eigenvalue weighted by molar-refractivity contribution is -0.153. The largest absolute Gasteiger partial charge is 0.484 e. The van der Waals surface area contributed by atoms with Gasteiger partial charge in [0.1, 0.15) is 11.6 Å². The third kappa shape index (κ3) is 4.18. The summed E-state index contributed by atoms with van der Waals surface area (Å²) in [5, 5.41) is 3.13. The minimum absolute atomic E-state index is 0.185. The van der Waals surface area contributed by atoms with Gasteiger partial charge in [-0.1, -0.05) is 0 Å². The lowest BCUT2D eigenvalue weighted by atomic mass is 10.3. The highest BCUT2D eigenvalue weighted by atomic mass is 19.4. The molecule has 0 radical (unpaired) electrons.